The van der Waals surface area contributed by atoms with Crippen molar-refractivity contribution in [2.75, 3.05) is 0 Å². The lowest BCUT2D eigenvalue weighted by atomic mass is 10.0. The van der Waals surface area contributed by atoms with Crippen LogP contribution in [0.15, 0.2) is 48.5 Å². The number of halogens is 1. The van der Waals surface area contributed by atoms with Crippen LogP contribution in [0.3, 0.4) is 0 Å². The second-order valence-electron chi connectivity index (χ2n) is 4.98. The molecule has 2 unspecified atom stereocenters. The van der Waals surface area contributed by atoms with Crippen LogP contribution < -0.4 is 5.32 Å². The van der Waals surface area contributed by atoms with E-state index < -0.39 is 0 Å². The van der Waals surface area contributed by atoms with Crippen LogP contribution in [-0.4, -0.2) is 4.92 Å². The Morgan fingerprint density at radius 2 is 1.81 bits per heavy atom. The molecule has 2 atom stereocenters. The minimum Gasteiger partial charge on any atom is -0.304 e. The summed E-state index contributed by atoms with van der Waals surface area (Å²) in [6.07, 6.45) is 0. The number of rotatable bonds is 5. The quantitative estimate of drug-likeness (QED) is 0.645. The largest absolute Gasteiger partial charge is 0.304 e. The van der Waals surface area contributed by atoms with E-state index in [9.17, 15) is 10.1 Å². The normalized spacial score (nSPS) is 13.7. The molecular formula is C16H17ClN2O2. The van der Waals surface area contributed by atoms with Crippen molar-refractivity contribution in [1.29, 1.82) is 0 Å². The van der Waals surface area contributed by atoms with Crippen molar-refractivity contribution in [3.63, 3.8) is 0 Å². The molecule has 21 heavy (non-hydrogen) atoms. The fourth-order valence-electron chi connectivity index (χ4n) is 2.29. The molecule has 4 nitrogen and oxygen atoms in total. The second kappa shape index (κ2) is 6.70. The van der Waals surface area contributed by atoms with Crippen molar-refractivity contribution < 1.29 is 4.92 Å². The Morgan fingerprint density at radius 1 is 1.10 bits per heavy atom. The Balaban J connectivity index is 2.14. The number of benzene rings is 2. The number of hydrogen-bond acceptors (Lipinski definition) is 3. The highest BCUT2D eigenvalue weighted by atomic mass is 35.5. The number of non-ortho nitro benzene ring substituents is 1. The van der Waals surface area contributed by atoms with Gasteiger partial charge >= 0.3 is 0 Å². The van der Waals surface area contributed by atoms with Gasteiger partial charge in [0.05, 0.1) is 4.92 Å². The highest BCUT2D eigenvalue weighted by molar-refractivity contribution is 6.31. The fourth-order valence-corrected chi connectivity index (χ4v) is 2.59. The molecule has 2 aromatic carbocycles. The van der Waals surface area contributed by atoms with E-state index in [1.807, 2.05) is 44.2 Å². The number of nitrogens with one attached hydrogen (secondary N) is 1. The van der Waals surface area contributed by atoms with Gasteiger partial charge < -0.3 is 5.32 Å². The van der Waals surface area contributed by atoms with Gasteiger partial charge in [-0.3, -0.25) is 10.1 Å². The molecule has 5 heteroatoms. The van der Waals surface area contributed by atoms with E-state index in [1.54, 1.807) is 12.1 Å². The summed E-state index contributed by atoms with van der Waals surface area (Å²) in [5.74, 6) is 0. The van der Waals surface area contributed by atoms with Gasteiger partial charge in [0.15, 0.2) is 0 Å². The zero-order chi connectivity index (χ0) is 15.4. The predicted molar refractivity (Wildman–Crippen MR) is 84.5 cm³/mol. The Kier molecular flexibility index (Phi) is 4.94. The monoisotopic (exact) mass is 304 g/mol. The molecule has 0 saturated carbocycles. The van der Waals surface area contributed by atoms with Gasteiger partial charge in [-0.05, 0) is 31.0 Å². The molecule has 0 bridgehead atoms. The third-order valence-corrected chi connectivity index (χ3v) is 3.80. The third kappa shape index (κ3) is 3.80. The average molecular weight is 305 g/mol. The van der Waals surface area contributed by atoms with Crippen molar-refractivity contribution in [1.82, 2.24) is 5.32 Å². The van der Waals surface area contributed by atoms with Gasteiger partial charge in [-0.2, -0.15) is 0 Å². The van der Waals surface area contributed by atoms with Crippen LogP contribution in [0.1, 0.15) is 37.1 Å². The number of hydrogen-bond donors (Lipinski definition) is 1. The van der Waals surface area contributed by atoms with E-state index in [1.165, 1.54) is 6.07 Å². The molecule has 0 fully saturated rings. The summed E-state index contributed by atoms with van der Waals surface area (Å²) in [6.45, 7) is 4.00. The van der Waals surface area contributed by atoms with Crippen molar-refractivity contribution >= 4 is 17.3 Å². The Bertz CT molecular complexity index is 646. The summed E-state index contributed by atoms with van der Waals surface area (Å²) in [6, 6.07) is 14.4. The molecule has 1 N–H and O–H groups in total. The standard InChI is InChI=1S/C16H17ClN2O2/c1-11(13-6-5-7-14(10-13)19(20)21)18-12(2)15-8-3-4-9-16(15)17/h3-12,18H,1-2H3. The molecule has 0 aliphatic heterocycles. The molecule has 2 aromatic rings. The van der Waals surface area contributed by atoms with E-state index in [4.69, 9.17) is 11.6 Å². The van der Waals surface area contributed by atoms with E-state index in [0.717, 1.165) is 11.1 Å². The van der Waals surface area contributed by atoms with Crippen molar-refractivity contribution in [3.05, 3.63) is 74.8 Å². The van der Waals surface area contributed by atoms with Crippen LogP contribution in [0.5, 0.6) is 0 Å². The number of nitro benzene ring substituents is 1. The maximum absolute atomic E-state index is 10.8. The minimum atomic E-state index is -0.381. The first-order valence-electron chi connectivity index (χ1n) is 6.74. The fraction of sp³-hybridized carbons (Fsp3) is 0.250. The van der Waals surface area contributed by atoms with Crippen molar-refractivity contribution in [2.24, 2.45) is 0 Å². The minimum absolute atomic E-state index is 0.0174. The van der Waals surface area contributed by atoms with E-state index >= 15 is 0 Å². The average Bonchev–Trinajstić information content (AvgIpc) is 2.47. The van der Waals surface area contributed by atoms with Gasteiger partial charge in [0.2, 0.25) is 0 Å². The third-order valence-electron chi connectivity index (χ3n) is 3.45. The summed E-state index contributed by atoms with van der Waals surface area (Å²) in [5, 5.41) is 15.0. The van der Waals surface area contributed by atoms with Gasteiger partial charge in [0.1, 0.15) is 0 Å². The zero-order valence-electron chi connectivity index (χ0n) is 11.9. The summed E-state index contributed by atoms with van der Waals surface area (Å²) in [7, 11) is 0. The van der Waals surface area contributed by atoms with Crippen LogP contribution >= 0.6 is 11.6 Å². The van der Waals surface area contributed by atoms with Crippen molar-refractivity contribution in [2.45, 2.75) is 25.9 Å². The highest BCUT2D eigenvalue weighted by Crippen LogP contribution is 2.26. The van der Waals surface area contributed by atoms with Crippen LogP contribution in [-0.2, 0) is 0 Å². The van der Waals surface area contributed by atoms with Gasteiger partial charge in [0.25, 0.3) is 5.69 Å². The Hall–Kier alpha value is -1.91. The SMILES string of the molecule is CC(NC(C)c1ccccc1Cl)c1cccc([N+](=O)[O-])c1. The molecule has 0 aliphatic carbocycles. The summed E-state index contributed by atoms with van der Waals surface area (Å²) in [4.78, 5) is 10.5. The van der Waals surface area contributed by atoms with Crippen LogP contribution in [0.2, 0.25) is 5.02 Å². The first-order valence-corrected chi connectivity index (χ1v) is 7.11. The van der Waals surface area contributed by atoms with Gasteiger partial charge in [-0.25, -0.2) is 0 Å². The van der Waals surface area contributed by atoms with Crippen molar-refractivity contribution in [3.8, 4) is 0 Å². The molecule has 0 saturated heterocycles. The number of nitrogens with zero attached hydrogens (tertiary/aromatic N) is 1. The van der Waals surface area contributed by atoms with Gasteiger partial charge in [-0.15, -0.1) is 0 Å². The second-order valence-corrected chi connectivity index (χ2v) is 5.39. The van der Waals surface area contributed by atoms with Crippen LogP contribution in [0, 0.1) is 10.1 Å². The molecular weight excluding hydrogens is 288 g/mol. The lowest BCUT2D eigenvalue weighted by Gasteiger charge is -2.21. The number of nitro groups is 1. The zero-order valence-corrected chi connectivity index (χ0v) is 12.7. The van der Waals surface area contributed by atoms with E-state index in [0.29, 0.717) is 5.02 Å². The summed E-state index contributed by atoms with van der Waals surface area (Å²) in [5.41, 5.74) is 1.99. The Morgan fingerprint density at radius 3 is 2.48 bits per heavy atom. The maximum Gasteiger partial charge on any atom is 0.269 e. The first-order chi connectivity index (χ1) is 9.99. The van der Waals surface area contributed by atoms with E-state index in [-0.39, 0.29) is 22.7 Å². The molecule has 2 rings (SSSR count). The molecule has 0 spiro atoms. The summed E-state index contributed by atoms with van der Waals surface area (Å²) >= 11 is 6.19. The molecule has 110 valence electrons. The van der Waals surface area contributed by atoms with Gasteiger partial charge in [0, 0.05) is 29.2 Å². The summed E-state index contributed by atoms with van der Waals surface area (Å²) < 4.78 is 0. The smallest absolute Gasteiger partial charge is 0.269 e. The van der Waals surface area contributed by atoms with Crippen LogP contribution in [0.25, 0.3) is 0 Å². The highest BCUT2D eigenvalue weighted by Gasteiger charge is 2.15. The molecule has 0 radical (unpaired) electrons. The van der Waals surface area contributed by atoms with Crippen LogP contribution in [0.4, 0.5) is 5.69 Å². The molecule has 0 aromatic heterocycles. The lowest BCUT2D eigenvalue weighted by Crippen LogP contribution is -2.22. The van der Waals surface area contributed by atoms with Gasteiger partial charge in [-0.1, -0.05) is 41.9 Å². The molecule has 0 heterocycles. The van der Waals surface area contributed by atoms with E-state index in [2.05, 4.69) is 5.32 Å². The molecule has 0 amide bonds. The molecule has 0 aliphatic rings. The first kappa shape index (κ1) is 15.5. The Labute approximate surface area is 128 Å². The predicted octanol–water partition coefficient (Wildman–Crippen LogP) is 4.66. The maximum atomic E-state index is 10.8. The topological polar surface area (TPSA) is 55.2 Å². The lowest BCUT2D eigenvalue weighted by molar-refractivity contribution is -0.384.